The summed E-state index contributed by atoms with van der Waals surface area (Å²) in [6.07, 6.45) is 0. The van der Waals surface area contributed by atoms with Crippen LogP contribution in [0.4, 0.5) is 4.39 Å². The van der Waals surface area contributed by atoms with Gasteiger partial charge in [-0.15, -0.1) is 0 Å². The molecule has 0 aromatic heterocycles. The summed E-state index contributed by atoms with van der Waals surface area (Å²) >= 11 is 0. The number of carbonyl (C=O) groups is 1. The van der Waals surface area contributed by atoms with Gasteiger partial charge >= 0.3 is 0 Å². The molecule has 0 aliphatic carbocycles. The lowest BCUT2D eigenvalue weighted by atomic mass is 10.0. The van der Waals surface area contributed by atoms with E-state index in [0.29, 0.717) is 5.56 Å². The molecule has 0 fully saturated rings. The number of ketones is 1. The predicted octanol–water partition coefficient (Wildman–Crippen LogP) is 1.64. The number of hydrogen-bond acceptors (Lipinski definition) is 2. The van der Waals surface area contributed by atoms with Crippen LogP contribution in [-0.2, 0) is 0 Å². The average molecular weight is 182 g/mol. The highest BCUT2D eigenvalue weighted by molar-refractivity contribution is 5.97. The highest BCUT2D eigenvalue weighted by atomic mass is 19.1. The molecule has 1 aromatic rings. The van der Waals surface area contributed by atoms with E-state index < -0.39 is 11.7 Å². The number of rotatable bonds is 3. The molecular formula is C10H11FO2. The number of halogens is 1. The Morgan fingerprint density at radius 1 is 1.62 bits per heavy atom. The third kappa shape index (κ3) is 2.36. The van der Waals surface area contributed by atoms with Crippen molar-refractivity contribution in [3.63, 3.8) is 0 Å². The van der Waals surface area contributed by atoms with Gasteiger partial charge < -0.3 is 5.11 Å². The first-order valence-corrected chi connectivity index (χ1v) is 4.05. The molecule has 1 atom stereocenters. The second-order valence-corrected chi connectivity index (χ2v) is 2.96. The van der Waals surface area contributed by atoms with Crippen LogP contribution in [0.3, 0.4) is 0 Å². The van der Waals surface area contributed by atoms with Crippen LogP contribution in [0.2, 0.25) is 0 Å². The highest BCUT2D eigenvalue weighted by Gasteiger charge is 2.13. The van der Waals surface area contributed by atoms with E-state index in [9.17, 15) is 9.18 Å². The maximum Gasteiger partial charge on any atom is 0.168 e. The summed E-state index contributed by atoms with van der Waals surface area (Å²) in [6.45, 7) is 1.39. The van der Waals surface area contributed by atoms with Crippen molar-refractivity contribution < 1.29 is 14.3 Å². The summed E-state index contributed by atoms with van der Waals surface area (Å²) in [7, 11) is 0. The molecule has 0 saturated carbocycles. The number of hydrogen-bond donors (Lipinski definition) is 1. The van der Waals surface area contributed by atoms with Crippen molar-refractivity contribution in [2.24, 2.45) is 5.92 Å². The van der Waals surface area contributed by atoms with Gasteiger partial charge in [-0.2, -0.15) is 0 Å². The monoisotopic (exact) mass is 182 g/mol. The molecule has 0 aliphatic rings. The number of carbonyl (C=O) groups excluding carboxylic acids is 1. The molecule has 2 nitrogen and oxygen atoms in total. The van der Waals surface area contributed by atoms with Gasteiger partial charge in [-0.3, -0.25) is 4.79 Å². The van der Waals surface area contributed by atoms with Crippen molar-refractivity contribution in [1.82, 2.24) is 0 Å². The molecule has 1 aromatic carbocycles. The minimum atomic E-state index is -0.471. The van der Waals surface area contributed by atoms with Crippen LogP contribution in [0.15, 0.2) is 24.3 Å². The van der Waals surface area contributed by atoms with Crippen LogP contribution in [-0.4, -0.2) is 17.5 Å². The Morgan fingerprint density at radius 2 is 2.31 bits per heavy atom. The normalized spacial score (nSPS) is 12.5. The van der Waals surface area contributed by atoms with Crippen LogP contribution >= 0.6 is 0 Å². The summed E-state index contributed by atoms with van der Waals surface area (Å²) < 4.78 is 12.7. The second-order valence-electron chi connectivity index (χ2n) is 2.96. The van der Waals surface area contributed by atoms with E-state index in [1.165, 1.54) is 24.3 Å². The molecule has 0 spiro atoms. The van der Waals surface area contributed by atoms with E-state index in [1.54, 1.807) is 6.92 Å². The lowest BCUT2D eigenvalue weighted by Gasteiger charge is -2.05. The summed E-state index contributed by atoms with van der Waals surface area (Å²) in [6, 6.07) is 5.47. The van der Waals surface area contributed by atoms with E-state index in [2.05, 4.69) is 0 Å². The first kappa shape index (κ1) is 9.86. The Balaban J connectivity index is 2.89. The molecule has 3 heteroatoms. The van der Waals surface area contributed by atoms with Crippen LogP contribution in [0, 0.1) is 11.7 Å². The van der Waals surface area contributed by atoms with E-state index in [1.807, 2.05) is 0 Å². The minimum absolute atomic E-state index is 0.213. The molecule has 0 saturated heterocycles. The zero-order valence-corrected chi connectivity index (χ0v) is 7.33. The van der Waals surface area contributed by atoms with Gasteiger partial charge in [-0.1, -0.05) is 19.1 Å². The zero-order valence-electron chi connectivity index (χ0n) is 7.33. The van der Waals surface area contributed by atoms with Gasteiger partial charge in [0.25, 0.3) is 0 Å². The highest BCUT2D eigenvalue weighted by Crippen LogP contribution is 2.09. The molecule has 1 unspecified atom stereocenters. The topological polar surface area (TPSA) is 37.3 Å². The summed E-state index contributed by atoms with van der Waals surface area (Å²) in [5.74, 6) is -1.14. The van der Waals surface area contributed by atoms with Gasteiger partial charge in [0, 0.05) is 11.5 Å². The molecule has 0 aliphatic heterocycles. The van der Waals surface area contributed by atoms with Gasteiger partial charge in [0.15, 0.2) is 5.78 Å². The van der Waals surface area contributed by atoms with Gasteiger partial charge in [-0.25, -0.2) is 4.39 Å². The number of aliphatic hydroxyl groups is 1. The molecule has 0 bridgehead atoms. The summed E-state index contributed by atoms with van der Waals surface area (Å²) in [5, 5.41) is 8.72. The van der Waals surface area contributed by atoms with Crippen LogP contribution < -0.4 is 0 Å². The van der Waals surface area contributed by atoms with Crippen LogP contribution in [0.5, 0.6) is 0 Å². The Labute approximate surface area is 76.0 Å². The van der Waals surface area contributed by atoms with Crippen LogP contribution in [0.1, 0.15) is 17.3 Å². The zero-order chi connectivity index (χ0) is 9.84. The molecule has 1 rings (SSSR count). The number of benzene rings is 1. The predicted molar refractivity (Wildman–Crippen MR) is 47.0 cm³/mol. The van der Waals surface area contributed by atoms with Crippen molar-refractivity contribution in [3.05, 3.63) is 35.6 Å². The smallest absolute Gasteiger partial charge is 0.168 e. The Hall–Kier alpha value is -1.22. The molecule has 1 N–H and O–H groups in total. The maximum atomic E-state index is 12.7. The third-order valence-electron chi connectivity index (χ3n) is 1.83. The quantitative estimate of drug-likeness (QED) is 0.721. The van der Waals surface area contributed by atoms with Crippen molar-refractivity contribution in [2.75, 3.05) is 6.61 Å². The van der Waals surface area contributed by atoms with Crippen LogP contribution in [0.25, 0.3) is 0 Å². The lowest BCUT2D eigenvalue weighted by molar-refractivity contribution is 0.0877. The van der Waals surface area contributed by atoms with Gasteiger partial charge in [0.05, 0.1) is 6.61 Å². The second kappa shape index (κ2) is 4.14. The summed E-state index contributed by atoms with van der Waals surface area (Å²) in [4.78, 5) is 11.4. The van der Waals surface area contributed by atoms with E-state index in [4.69, 9.17) is 5.11 Å². The lowest BCUT2D eigenvalue weighted by Crippen LogP contribution is -2.14. The molecule has 13 heavy (non-hydrogen) atoms. The van der Waals surface area contributed by atoms with Crippen molar-refractivity contribution in [2.45, 2.75) is 6.92 Å². The fourth-order valence-corrected chi connectivity index (χ4v) is 1.01. The summed E-state index contributed by atoms with van der Waals surface area (Å²) in [5.41, 5.74) is 0.307. The third-order valence-corrected chi connectivity index (χ3v) is 1.83. The van der Waals surface area contributed by atoms with E-state index >= 15 is 0 Å². The Morgan fingerprint density at radius 3 is 2.85 bits per heavy atom. The standard InChI is InChI=1S/C10H11FO2/c1-7(6-12)10(13)8-3-2-4-9(11)5-8/h2-5,7,12H,6H2,1H3. The fourth-order valence-electron chi connectivity index (χ4n) is 1.01. The van der Waals surface area contributed by atoms with Gasteiger partial charge in [-0.05, 0) is 12.1 Å². The van der Waals surface area contributed by atoms with E-state index in [-0.39, 0.29) is 12.4 Å². The van der Waals surface area contributed by atoms with Crippen molar-refractivity contribution in [3.8, 4) is 0 Å². The van der Waals surface area contributed by atoms with Gasteiger partial charge in [0.1, 0.15) is 5.82 Å². The molecular weight excluding hydrogens is 171 g/mol. The number of aliphatic hydroxyl groups excluding tert-OH is 1. The van der Waals surface area contributed by atoms with E-state index in [0.717, 1.165) is 0 Å². The van der Waals surface area contributed by atoms with Crippen molar-refractivity contribution in [1.29, 1.82) is 0 Å². The molecule has 0 amide bonds. The molecule has 70 valence electrons. The average Bonchev–Trinajstić information content (AvgIpc) is 2.15. The SMILES string of the molecule is CC(CO)C(=O)c1cccc(F)c1. The first-order chi connectivity index (χ1) is 6.15. The molecule has 0 heterocycles. The fraction of sp³-hybridized carbons (Fsp3) is 0.300. The first-order valence-electron chi connectivity index (χ1n) is 4.05. The molecule has 0 radical (unpaired) electrons. The maximum absolute atomic E-state index is 12.7. The van der Waals surface area contributed by atoms with Crippen molar-refractivity contribution >= 4 is 5.78 Å². The minimum Gasteiger partial charge on any atom is -0.396 e. The van der Waals surface area contributed by atoms with Gasteiger partial charge in [0.2, 0.25) is 0 Å². The Kier molecular flexibility index (Phi) is 3.14. The number of Topliss-reactive ketones (excluding diaryl/α,β-unsaturated/α-hetero) is 1. The Bertz CT molecular complexity index is 310. The largest absolute Gasteiger partial charge is 0.396 e.